The van der Waals surface area contributed by atoms with Gasteiger partial charge in [-0.3, -0.25) is 9.59 Å². The molecule has 2 aromatic rings. The summed E-state index contributed by atoms with van der Waals surface area (Å²) in [6, 6.07) is 7.06. The fourth-order valence-corrected chi connectivity index (χ4v) is 3.95. The summed E-state index contributed by atoms with van der Waals surface area (Å²) in [4.78, 5) is 29.3. The second-order valence-electron chi connectivity index (χ2n) is 6.25. The number of carbonyl (C=O) groups is 2. The van der Waals surface area contributed by atoms with Crippen molar-refractivity contribution in [2.75, 3.05) is 24.5 Å². The van der Waals surface area contributed by atoms with Crippen molar-refractivity contribution in [3.63, 3.8) is 0 Å². The van der Waals surface area contributed by atoms with Gasteiger partial charge in [0.05, 0.1) is 10.8 Å². The van der Waals surface area contributed by atoms with E-state index in [0.717, 1.165) is 18.6 Å². The van der Waals surface area contributed by atoms with E-state index in [4.69, 9.17) is 0 Å². The Morgan fingerprint density at radius 2 is 2.08 bits per heavy atom. The molecule has 1 aromatic heterocycles. The van der Waals surface area contributed by atoms with Crippen LogP contribution in [0.3, 0.4) is 0 Å². The summed E-state index contributed by atoms with van der Waals surface area (Å²) in [5, 5.41) is 1.85. The van der Waals surface area contributed by atoms with E-state index in [2.05, 4.69) is 0 Å². The molecule has 1 unspecified atom stereocenters. The van der Waals surface area contributed by atoms with Gasteiger partial charge in [0.25, 0.3) is 5.91 Å². The average Bonchev–Trinajstić information content (AvgIpc) is 3.19. The van der Waals surface area contributed by atoms with Crippen LogP contribution in [0, 0.1) is 17.6 Å². The molecule has 1 atom stereocenters. The molecule has 0 bridgehead atoms. The number of hydrogen-bond acceptors (Lipinski definition) is 3. The highest BCUT2D eigenvalue weighted by Gasteiger charge is 2.32. The summed E-state index contributed by atoms with van der Waals surface area (Å²) in [7, 11) is 0. The summed E-state index contributed by atoms with van der Waals surface area (Å²) in [6.07, 6.45) is 1.41. The SMILES string of the molecule is CCN(C(=O)C1CCCN(C(=O)c2cccs2)C1)c1ccc(F)c(F)c1. The van der Waals surface area contributed by atoms with Crippen LogP contribution in [0.4, 0.5) is 14.5 Å². The maximum atomic E-state index is 13.5. The van der Waals surface area contributed by atoms with Gasteiger partial charge in [-0.2, -0.15) is 0 Å². The molecule has 0 N–H and O–H groups in total. The Labute approximate surface area is 155 Å². The topological polar surface area (TPSA) is 40.6 Å². The molecule has 138 valence electrons. The first-order valence-electron chi connectivity index (χ1n) is 8.60. The zero-order valence-electron chi connectivity index (χ0n) is 14.5. The highest BCUT2D eigenvalue weighted by atomic mass is 32.1. The van der Waals surface area contributed by atoms with Crippen molar-refractivity contribution in [2.24, 2.45) is 5.92 Å². The van der Waals surface area contributed by atoms with Gasteiger partial charge in [-0.25, -0.2) is 8.78 Å². The van der Waals surface area contributed by atoms with Gasteiger partial charge >= 0.3 is 0 Å². The van der Waals surface area contributed by atoms with Crippen molar-refractivity contribution in [3.05, 3.63) is 52.2 Å². The molecule has 1 aliphatic heterocycles. The summed E-state index contributed by atoms with van der Waals surface area (Å²) >= 11 is 1.38. The van der Waals surface area contributed by atoms with Crippen LogP contribution < -0.4 is 4.90 Å². The minimum absolute atomic E-state index is 0.0617. The molecule has 0 radical (unpaired) electrons. The van der Waals surface area contributed by atoms with E-state index in [9.17, 15) is 18.4 Å². The fraction of sp³-hybridized carbons (Fsp3) is 0.368. The predicted molar refractivity (Wildman–Crippen MR) is 97.3 cm³/mol. The van der Waals surface area contributed by atoms with Crippen molar-refractivity contribution in [3.8, 4) is 0 Å². The third kappa shape index (κ3) is 3.77. The summed E-state index contributed by atoms with van der Waals surface area (Å²) in [5.41, 5.74) is 0.332. The van der Waals surface area contributed by atoms with Crippen LogP contribution in [0.15, 0.2) is 35.7 Å². The quantitative estimate of drug-likeness (QED) is 0.809. The lowest BCUT2D eigenvalue weighted by Crippen LogP contribution is -2.46. The van der Waals surface area contributed by atoms with Gasteiger partial charge in [0.1, 0.15) is 0 Å². The minimum Gasteiger partial charge on any atom is -0.337 e. The van der Waals surface area contributed by atoms with E-state index in [-0.39, 0.29) is 17.7 Å². The molecule has 1 saturated heterocycles. The number of nitrogens with zero attached hydrogens (tertiary/aromatic N) is 2. The molecule has 4 nitrogen and oxygen atoms in total. The van der Waals surface area contributed by atoms with Gasteiger partial charge in [-0.1, -0.05) is 6.07 Å². The van der Waals surface area contributed by atoms with Crippen LogP contribution in [0.1, 0.15) is 29.4 Å². The second-order valence-corrected chi connectivity index (χ2v) is 7.20. The second kappa shape index (κ2) is 7.95. The zero-order valence-corrected chi connectivity index (χ0v) is 15.3. The Balaban J connectivity index is 1.75. The fourth-order valence-electron chi connectivity index (χ4n) is 3.26. The third-order valence-corrected chi connectivity index (χ3v) is 5.44. The predicted octanol–water partition coefficient (Wildman–Crippen LogP) is 3.93. The van der Waals surface area contributed by atoms with Crippen LogP contribution in [-0.2, 0) is 4.79 Å². The van der Waals surface area contributed by atoms with Crippen LogP contribution in [0.5, 0.6) is 0 Å². The highest BCUT2D eigenvalue weighted by molar-refractivity contribution is 7.12. The number of benzene rings is 1. The van der Waals surface area contributed by atoms with Crippen LogP contribution in [0.25, 0.3) is 0 Å². The standard InChI is InChI=1S/C19H20F2N2O2S/c1-2-23(14-7-8-15(20)16(21)11-14)18(24)13-5-3-9-22(12-13)19(25)17-6-4-10-26-17/h4,6-8,10-11,13H,2-3,5,9,12H2,1H3. The summed E-state index contributed by atoms with van der Waals surface area (Å²) in [5.74, 6) is -2.49. The number of likely N-dealkylation sites (tertiary alicyclic amines) is 1. The Hall–Kier alpha value is -2.28. The maximum Gasteiger partial charge on any atom is 0.263 e. The number of hydrogen-bond donors (Lipinski definition) is 0. The summed E-state index contributed by atoms with van der Waals surface area (Å²) in [6.45, 7) is 3.10. The third-order valence-electron chi connectivity index (χ3n) is 4.59. The van der Waals surface area contributed by atoms with Crippen LogP contribution in [0.2, 0.25) is 0 Å². The first kappa shape index (κ1) is 18.5. The smallest absolute Gasteiger partial charge is 0.263 e. The van der Waals surface area contributed by atoms with Crippen molar-refractivity contribution < 1.29 is 18.4 Å². The lowest BCUT2D eigenvalue weighted by molar-refractivity contribution is -0.123. The van der Waals surface area contributed by atoms with E-state index >= 15 is 0 Å². The number of piperidine rings is 1. The van der Waals surface area contributed by atoms with Gasteiger partial charge < -0.3 is 9.80 Å². The van der Waals surface area contributed by atoms with Gasteiger partial charge in [0.15, 0.2) is 11.6 Å². The van der Waals surface area contributed by atoms with E-state index in [0.29, 0.717) is 36.6 Å². The molecule has 1 aliphatic rings. The molecule has 26 heavy (non-hydrogen) atoms. The molecular formula is C19H20F2N2O2S. The first-order chi connectivity index (χ1) is 12.5. The molecular weight excluding hydrogens is 358 g/mol. The maximum absolute atomic E-state index is 13.5. The van der Waals surface area contributed by atoms with Crippen molar-refractivity contribution in [1.29, 1.82) is 0 Å². The van der Waals surface area contributed by atoms with Crippen molar-refractivity contribution in [1.82, 2.24) is 4.90 Å². The lowest BCUT2D eigenvalue weighted by atomic mass is 9.96. The van der Waals surface area contributed by atoms with Crippen LogP contribution >= 0.6 is 11.3 Å². The molecule has 1 aromatic carbocycles. The number of anilines is 1. The average molecular weight is 378 g/mol. The number of carbonyl (C=O) groups excluding carboxylic acids is 2. The van der Waals surface area contributed by atoms with Gasteiger partial charge in [-0.15, -0.1) is 11.3 Å². The molecule has 7 heteroatoms. The molecule has 2 amide bonds. The van der Waals surface area contributed by atoms with Gasteiger partial charge in [-0.05, 0) is 43.3 Å². The number of amides is 2. The summed E-state index contributed by atoms with van der Waals surface area (Å²) < 4.78 is 26.7. The molecule has 2 heterocycles. The number of rotatable bonds is 4. The van der Waals surface area contributed by atoms with Gasteiger partial charge in [0, 0.05) is 31.4 Å². The minimum atomic E-state index is -0.980. The van der Waals surface area contributed by atoms with E-state index in [1.807, 2.05) is 11.4 Å². The Morgan fingerprint density at radius 3 is 2.73 bits per heavy atom. The largest absolute Gasteiger partial charge is 0.337 e. The molecule has 3 rings (SSSR count). The molecule has 0 aliphatic carbocycles. The van der Waals surface area contributed by atoms with Gasteiger partial charge in [0.2, 0.25) is 5.91 Å². The van der Waals surface area contributed by atoms with Crippen molar-refractivity contribution in [2.45, 2.75) is 19.8 Å². The highest BCUT2D eigenvalue weighted by Crippen LogP contribution is 2.25. The van der Waals surface area contributed by atoms with E-state index in [1.54, 1.807) is 17.9 Å². The Bertz CT molecular complexity index is 795. The Kier molecular flexibility index (Phi) is 5.66. The number of thiophene rings is 1. The van der Waals surface area contributed by atoms with E-state index < -0.39 is 11.6 Å². The number of halogens is 2. The molecule has 1 fully saturated rings. The lowest BCUT2D eigenvalue weighted by Gasteiger charge is -2.34. The first-order valence-corrected chi connectivity index (χ1v) is 9.48. The van der Waals surface area contributed by atoms with E-state index in [1.165, 1.54) is 22.3 Å². The molecule has 0 saturated carbocycles. The van der Waals surface area contributed by atoms with Crippen LogP contribution in [-0.4, -0.2) is 36.3 Å². The Morgan fingerprint density at radius 1 is 1.27 bits per heavy atom. The monoisotopic (exact) mass is 378 g/mol. The molecule has 0 spiro atoms. The van der Waals surface area contributed by atoms with Crippen molar-refractivity contribution >= 4 is 28.8 Å². The normalized spacial score (nSPS) is 17.2. The zero-order chi connectivity index (χ0) is 18.7.